The van der Waals surface area contributed by atoms with Crippen molar-refractivity contribution < 1.29 is 18.0 Å². The van der Waals surface area contributed by atoms with E-state index in [-0.39, 0.29) is 19.5 Å². The minimum atomic E-state index is -4.56. The number of rotatable bonds is 2. The fraction of sp³-hybridized carbons (Fsp3) is 0.700. The van der Waals surface area contributed by atoms with Crippen LogP contribution in [0.3, 0.4) is 0 Å². The van der Waals surface area contributed by atoms with E-state index in [2.05, 4.69) is 16.6 Å². The second-order valence-electron chi connectivity index (χ2n) is 3.87. The lowest BCUT2D eigenvalue weighted by Gasteiger charge is -2.30. The Morgan fingerprint density at radius 3 is 2.62 bits per heavy atom. The van der Waals surface area contributed by atoms with Crippen LogP contribution in [-0.2, 0) is 4.79 Å². The summed E-state index contributed by atoms with van der Waals surface area (Å²) in [5.41, 5.74) is -2.34. The molecule has 0 aromatic rings. The number of hydrogen-bond acceptors (Lipinski definition) is 2. The fourth-order valence-corrected chi connectivity index (χ4v) is 1.63. The summed E-state index contributed by atoms with van der Waals surface area (Å²) in [6, 6.07) is -0.702. The molecule has 3 nitrogen and oxygen atoms in total. The number of amides is 1. The quantitative estimate of drug-likeness (QED) is 0.689. The van der Waals surface area contributed by atoms with Gasteiger partial charge in [0.1, 0.15) is 0 Å². The minimum Gasteiger partial charge on any atom is -0.342 e. The molecule has 2 N–H and O–H groups in total. The van der Waals surface area contributed by atoms with Gasteiger partial charge in [0.2, 0.25) is 5.91 Å². The van der Waals surface area contributed by atoms with Crippen molar-refractivity contribution in [2.45, 2.75) is 25.6 Å². The number of terminal acetylenes is 1. The van der Waals surface area contributed by atoms with Crippen LogP contribution in [0, 0.1) is 17.8 Å². The molecule has 1 rings (SSSR count). The summed E-state index contributed by atoms with van der Waals surface area (Å²) in [5, 5.41) is 4.74. The third-order valence-corrected chi connectivity index (χ3v) is 2.73. The Morgan fingerprint density at radius 2 is 2.25 bits per heavy atom. The van der Waals surface area contributed by atoms with Crippen molar-refractivity contribution in [3.05, 3.63) is 0 Å². The molecular weight excluding hydrogens is 221 g/mol. The Kier molecular flexibility index (Phi) is 3.48. The monoisotopic (exact) mass is 234 g/mol. The number of hydrogen-bond donors (Lipinski definition) is 2. The summed E-state index contributed by atoms with van der Waals surface area (Å²) in [5.74, 6) is 1.12. The molecule has 0 spiro atoms. The van der Waals surface area contributed by atoms with Gasteiger partial charge in [-0.15, -0.1) is 6.42 Å². The van der Waals surface area contributed by atoms with Gasteiger partial charge in [-0.2, -0.15) is 13.2 Å². The van der Waals surface area contributed by atoms with Crippen LogP contribution in [0.2, 0.25) is 0 Å². The molecule has 0 aromatic heterocycles. The van der Waals surface area contributed by atoms with Crippen LogP contribution < -0.4 is 10.6 Å². The summed E-state index contributed by atoms with van der Waals surface area (Å²) in [4.78, 5) is 11.6. The van der Waals surface area contributed by atoms with Gasteiger partial charge in [-0.3, -0.25) is 4.79 Å². The van der Waals surface area contributed by atoms with Crippen LogP contribution in [0.1, 0.15) is 13.3 Å². The van der Waals surface area contributed by atoms with Gasteiger partial charge in [0.25, 0.3) is 0 Å². The molecule has 2 atom stereocenters. The summed E-state index contributed by atoms with van der Waals surface area (Å²) in [7, 11) is 0. The van der Waals surface area contributed by atoms with E-state index in [0.717, 1.165) is 0 Å². The molecule has 2 unspecified atom stereocenters. The molecule has 1 heterocycles. The maximum atomic E-state index is 12.9. The Balaban J connectivity index is 2.88. The lowest BCUT2D eigenvalue weighted by molar-refractivity contribution is -0.216. The SMILES string of the molecule is C#CC(C)NC(=O)C1(C(F)(F)F)CCNC1. The first-order valence-electron chi connectivity index (χ1n) is 4.88. The van der Waals surface area contributed by atoms with E-state index in [1.165, 1.54) is 6.92 Å². The molecule has 0 aromatic carbocycles. The highest BCUT2D eigenvalue weighted by molar-refractivity contribution is 5.84. The number of halogens is 3. The Labute approximate surface area is 91.8 Å². The largest absolute Gasteiger partial charge is 0.404 e. The molecule has 1 amide bonds. The van der Waals surface area contributed by atoms with Gasteiger partial charge in [-0.25, -0.2) is 0 Å². The van der Waals surface area contributed by atoms with Crippen molar-refractivity contribution in [2.24, 2.45) is 5.41 Å². The van der Waals surface area contributed by atoms with Crippen LogP contribution in [-0.4, -0.2) is 31.2 Å². The lowest BCUT2D eigenvalue weighted by atomic mass is 9.85. The molecule has 1 aliphatic rings. The lowest BCUT2D eigenvalue weighted by Crippen LogP contribution is -2.53. The highest BCUT2D eigenvalue weighted by Gasteiger charge is 2.61. The molecule has 90 valence electrons. The maximum absolute atomic E-state index is 12.9. The molecule has 6 heteroatoms. The zero-order valence-electron chi connectivity index (χ0n) is 8.82. The van der Waals surface area contributed by atoms with Crippen molar-refractivity contribution in [1.82, 2.24) is 10.6 Å². The van der Waals surface area contributed by atoms with Crippen LogP contribution in [0.25, 0.3) is 0 Å². The highest BCUT2D eigenvalue weighted by atomic mass is 19.4. The first-order chi connectivity index (χ1) is 7.33. The second kappa shape index (κ2) is 4.34. The van der Waals surface area contributed by atoms with Gasteiger partial charge in [-0.1, -0.05) is 5.92 Å². The molecule has 0 bridgehead atoms. The van der Waals surface area contributed by atoms with Crippen LogP contribution in [0.15, 0.2) is 0 Å². The second-order valence-corrected chi connectivity index (χ2v) is 3.87. The van der Waals surface area contributed by atoms with Gasteiger partial charge in [-0.05, 0) is 19.9 Å². The van der Waals surface area contributed by atoms with Gasteiger partial charge in [0.05, 0.1) is 6.04 Å². The third-order valence-electron chi connectivity index (χ3n) is 2.73. The zero-order chi connectivity index (χ0) is 12.4. The van der Waals surface area contributed by atoms with Crippen LogP contribution in [0.5, 0.6) is 0 Å². The van der Waals surface area contributed by atoms with Crippen LogP contribution in [0.4, 0.5) is 13.2 Å². The normalized spacial score (nSPS) is 27.2. The Bertz CT molecular complexity index is 313. The highest BCUT2D eigenvalue weighted by Crippen LogP contribution is 2.43. The third kappa shape index (κ3) is 2.14. The fourth-order valence-electron chi connectivity index (χ4n) is 1.63. The van der Waals surface area contributed by atoms with E-state index in [1.54, 1.807) is 0 Å². The predicted octanol–water partition coefficient (Wildman–Crippen LogP) is 0.666. The zero-order valence-corrected chi connectivity index (χ0v) is 8.82. The minimum absolute atomic E-state index is 0.178. The van der Waals surface area contributed by atoms with Crippen molar-refractivity contribution in [2.75, 3.05) is 13.1 Å². The molecule has 0 aliphatic carbocycles. The number of alkyl halides is 3. The number of nitrogens with one attached hydrogen (secondary N) is 2. The first-order valence-corrected chi connectivity index (χ1v) is 4.88. The van der Waals surface area contributed by atoms with E-state index in [0.29, 0.717) is 0 Å². The van der Waals surface area contributed by atoms with Crippen LogP contribution >= 0.6 is 0 Å². The maximum Gasteiger partial charge on any atom is 0.404 e. The average molecular weight is 234 g/mol. The predicted molar refractivity (Wildman–Crippen MR) is 52.4 cm³/mol. The van der Waals surface area contributed by atoms with E-state index in [1.807, 2.05) is 0 Å². The molecule has 0 radical (unpaired) electrons. The Morgan fingerprint density at radius 1 is 1.62 bits per heavy atom. The molecule has 0 saturated carbocycles. The van der Waals surface area contributed by atoms with E-state index in [9.17, 15) is 18.0 Å². The van der Waals surface area contributed by atoms with Gasteiger partial charge in [0.15, 0.2) is 5.41 Å². The smallest absolute Gasteiger partial charge is 0.342 e. The number of carbonyl (C=O) groups excluding carboxylic acids is 1. The van der Waals surface area contributed by atoms with Gasteiger partial charge in [0, 0.05) is 6.54 Å². The van der Waals surface area contributed by atoms with E-state index in [4.69, 9.17) is 6.42 Å². The molecule has 16 heavy (non-hydrogen) atoms. The van der Waals surface area contributed by atoms with Gasteiger partial charge < -0.3 is 10.6 Å². The van der Waals surface area contributed by atoms with Gasteiger partial charge >= 0.3 is 6.18 Å². The number of carbonyl (C=O) groups is 1. The van der Waals surface area contributed by atoms with Crippen molar-refractivity contribution >= 4 is 5.91 Å². The summed E-state index contributed by atoms with van der Waals surface area (Å²) < 4.78 is 38.6. The molecule has 1 aliphatic heterocycles. The topological polar surface area (TPSA) is 41.1 Å². The first kappa shape index (κ1) is 12.8. The molecular formula is C10H13F3N2O. The molecule has 1 fully saturated rings. The van der Waals surface area contributed by atoms with Crippen molar-refractivity contribution in [3.63, 3.8) is 0 Å². The Hall–Kier alpha value is -1.22. The van der Waals surface area contributed by atoms with E-state index >= 15 is 0 Å². The molecule has 1 saturated heterocycles. The summed E-state index contributed by atoms with van der Waals surface area (Å²) in [6.45, 7) is 1.25. The average Bonchev–Trinajstić information content (AvgIpc) is 2.66. The summed E-state index contributed by atoms with van der Waals surface area (Å²) >= 11 is 0. The van der Waals surface area contributed by atoms with Crippen molar-refractivity contribution in [1.29, 1.82) is 0 Å². The van der Waals surface area contributed by atoms with Crippen molar-refractivity contribution in [3.8, 4) is 12.3 Å². The van der Waals surface area contributed by atoms with E-state index < -0.39 is 23.5 Å². The standard InChI is InChI=1S/C10H13F3N2O/c1-3-7(2)15-8(16)9(10(11,12)13)4-5-14-6-9/h1,7,14H,4-6H2,2H3,(H,15,16). The summed E-state index contributed by atoms with van der Waals surface area (Å²) in [6.07, 6.45) is 0.199.